The van der Waals surface area contributed by atoms with Gasteiger partial charge < -0.3 is 74.1 Å². The average molecular weight is 1130 g/mol. The normalized spacial score (nSPS) is 37.7. The number of rotatable bonds is 19. The fourth-order valence-electron chi connectivity index (χ4n) is 11.7. The first-order chi connectivity index (χ1) is 36.3. The molecule has 2 unspecified atom stereocenters. The smallest absolute Gasteiger partial charge is 0.341 e. The summed E-state index contributed by atoms with van der Waals surface area (Å²) < 4.78 is 87.8. The van der Waals surface area contributed by atoms with E-state index >= 15 is 4.39 Å². The van der Waals surface area contributed by atoms with Gasteiger partial charge in [-0.15, -0.1) is 0 Å². The van der Waals surface area contributed by atoms with Crippen molar-refractivity contribution in [2.24, 2.45) is 28.8 Å². The Balaban J connectivity index is 1.37. The second-order valence-electron chi connectivity index (χ2n) is 22.6. The lowest BCUT2D eigenvalue weighted by Gasteiger charge is -2.49. The van der Waals surface area contributed by atoms with Crippen LogP contribution in [0.4, 0.5) is 10.1 Å². The highest BCUT2D eigenvalue weighted by Gasteiger charge is 2.55. The third-order valence-electron chi connectivity index (χ3n) is 16.3. The number of fused-ring (bicyclic) bond motifs is 1. The number of hydrogen-bond donors (Lipinski definition) is 7. The number of likely N-dealkylation sites (N-methyl/N-ethyl adjacent to an activating group) is 1. The predicted molar refractivity (Wildman–Crippen MR) is 286 cm³/mol. The lowest BCUT2D eigenvalue weighted by molar-refractivity contribution is -0.316. The number of esters is 1. The van der Waals surface area contributed by atoms with Gasteiger partial charge in [0.05, 0.1) is 70.6 Å². The molecule has 23 nitrogen and oxygen atoms in total. The molecule has 0 bridgehead atoms. The van der Waals surface area contributed by atoms with E-state index in [2.05, 4.69) is 15.8 Å². The first-order valence-electron chi connectivity index (χ1n) is 26.9. The van der Waals surface area contributed by atoms with Gasteiger partial charge in [-0.2, -0.15) is 13.3 Å². The van der Waals surface area contributed by atoms with Crippen molar-refractivity contribution in [2.75, 3.05) is 51.9 Å². The number of nitrogens with zero attached hydrogens (tertiary/aromatic N) is 3. The minimum Gasteiger partial charge on any atom is -0.477 e. The number of anilines is 1. The van der Waals surface area contributed by atoms with Gasteiger partial charge in [-0.05, 0) is 99.9 Å². The number of cyclic esters (lactones) is 1. The monoisotopic (exact) mass is 1130 g/mol. The van der Waals surface area contributed by atoms with Crippen LogP contribution in [0.25, 0.3) is 10.9 Å². The summed E-state index contributed by atoms with van der Waals surface area (Å²) in [7, 11) is 0.697. The van der Waals surface area contributed by atoms with Crippen LogP contribution in [0.3, 0.4) is 0 Å². The van der Waals surface area contributed by atoms with Crippen LogP contribution in [0.5, 0.6) is 0 Å². The fraction of sp³-hybridized carbons (Fsp3) is 0.792. The van der Waals surface area contributed by atoms with Gasteiger partial charge in [-0.1, -0.05) is 32.9 Å². The Morgan fingerprint density at radius 3 is 2.22 bits per heavy atom. The van der Waals surface area contributed by atoms with E-state index < -0.39 is 159 Å². The number of aliphatic hydroxyl groups is 4. The SMILES string of the molecule is CC[C@H]1OC(=O)[C@H](C)[C@@H](O[C@H]2C[C@@](C)(OC)[C@@H](OS(=O)(=O)CCNCCNc3cc4c(cc3F)c(=O)c(C(=O)O)cn4CC)[C@H](C)O2)[C@@H](C)[C@@H](O[C@@H]2O[C@H](C)CC(N(C)C)[C@H]2O)[C@](C)(O)C[C@@H](C)C(N=O)[C@H](C)[C@@H](O)[C@]1(C)O. The fourth-order valence-corrected chi connectivity index (χ4v) is 12.9. The number of pyridine rings is 1. The number of ether oxygens (including phenoxy) is 6. The summed E-state index contributed by atoms with van der Waals surface area (Å²) in [6.45, 7) is 18.2. The maximum absolute atomic E-state index is 15.2. The van der Waals surface area contributed by atoms with Gasteiger partial charge in [0.25, 0.3) is 10.1 Å². The molecule has 19 atom stereocenters. The van der Waals surface area contributed by atoms with Crippen LogP contribution in [0.2, 0.25) is 0 Å². The summed E-state index contributed by atoms with van der Waals surface area (Å²) in [6, 6.07) is 0.825. The van der Waals surface area contributed by atoms with Gasteiger partial charge in [0.1, 0.15) is 35.3 Å². The molecule has 0 radical (unpaired) electrons. The highest BCUT2D eigenvalue weighted by molar-refractivity contribution is 7.86. The van der Waals surface area contributed by atoms with Crippen LogP contribution >= 0.6 is 0 Å². The number of aromatic nitrogens is 1. The first-order valence-corrected chi connectivity index (χ1v) is 28.5. The highest BCUT2D eigenvalue weighted by Crippen LogP contribution is 2.42. The van der Waals surface area contributed by atoms with E-state index in [0.717, 1.165) is 6.07 Å². The quantitative estimate of drug-likeness (QED) is 0.0458. The van der Waals surface area contributed by atoms with Crippen LogP contribution < -0.4 is 16.1 Å². The number of hydrogen-bond acceptors (Lipinski definition) is 21. The van der Waals surface area contributed by atoms with Gasteiger partial charge in [0.15, 0.2) is 12.6 Å². The molecule has 0 amide bonds. The van der Waals surface area contributed by atoms with Gasteiger partial charge in [0.2, 0.25) is 5.43 Å². The molecular weight excluding hydrogens is 1050 g/mol. The number of aliphatic hydroxyl groups excluding tert-OH is 2. The molecule has 444 valence electrons. The Labute approximate surface area is 456 Å². The van der Waals surface area contributed by atoms with E-state index in [1.165, 1.54) is 44.7 Å². The highest BCUT2D eigenvalue weighted by atomic mass is 32.2. The van der Waals surface area contributed by atoms with E-state index in [-0.39, 0.29) is 50.0 Å². The number of aryl methyl sites for hydroxylation is 1. The number of carbonyl (C=O) groups excluding carboxylic acids is 1. The van der Waals surface area contributed by atoms with Crippen molar-refractivity contribution in [1.82, 2.24) is 14.8 Å². The largest absolute Gasteiger partial charge is 0.477 e. The summed E-state index contributed by atoms with van der Waals surface area (Å²) in [5.74, 6) is -7.50. The van der Waals surface area contributed by atoms with Crippen LogP contribution in [-0.2, 0) is 54.1 Å². The van der Waals surface area contributed by atoms with E-state index in [4.69, 9.17) is 32.6 Å². The standard InChI is InChI=1S/C53H86FN5O18S/c1-15-39-53(11,67)45(62)29(5)41(57-68)27(3)24-51(9,66)46(76-50-43(61)38(58(12)13)21-28(4)72-50)30(6)44(31(7)49(65)74-39)75-40-25-52(10,71-14)47(32(8)73-40)77-78(69,70)20-19-55-17-18-56-36-23-37-33(22-35(36)54)42(60)34(48(63)64)26-59(37)16-2/h22-23,26-32,38-41,43-47,50,55-56,61-62,66-67H,15-21,24-25H2,1-14H3,(H,63,64)/t27-,28-,29+,30-,31-,32+,38?,39-,40+,41?,43-,44+,45-,46-,47+,50+,51-,52-,53-/m1/s1. The number of halogens is 1. The summed E-state index contributed by atoms with van der Waals surface area (Å²) in [5, 5.41) is 66.6. The molecule has 2 aromatic rings. The van der Waals surface area contributed by atoms with E-state index in [1.54, 1.807) is 48.5 Å². The molecule has 0 aliphatic carbocycles. The zero-order chi connectivity index (χ0) is 58.6. The zero-order valence-corrected chi connectivity index (χ0v) is 48.3. The molecule has 7 N–H and O–H groups in total. The summed E-state index contributed by atoms with van der Waals surface area (Å²) in [4.78, 5) is 53.4. The van der Waals surface area contributed by atoms with Gasteiger partial charge in [0, 0.05) is 69.2 Å². The van der Waals surface area contributed by atoms with Gasteiger partial charge in [-0.3, -0.25) is 13.8 Å². The molecule has 3 fully saturated rings. The Morgan fingerprint density at radius 1 is 0.962 bits per heavy atom. The Morgan fingerprint density at radius 2 is 1.63 bits per heavy atom. The molecule has 25 heteroatoms. The molecule has 5 rings (SSSR count). The number of methoxy groups -OCH3 is 1. The lowest BCUT2D eigenvalue weighted by Crippen LogP contribution is -2.61. The van der Waals surface area contributed by atoms with Gasteiger partial charge in [-0.25, -0.2) is 9.18 Å². The number of nitroso groups, excluding NO2 is 1. The molecule has 3 aliphatic heterocycles. The first kappa shape index (κ1) is 65.0. The summed E-state index contributed by atoms with van der Waals surface area (Å²) >= 11 is 0. The van der Waals surface area contributed by atoms with E-state index in [1.807, 2.05) is 25.9 Å². The zero-order valence-electron chi connectivity index (χ0n) is 47.5. The van der Waals surface area contributed by atoms with Crippen LogP contribution in [0, 0.1) is 34.4 Å². The maximum Gasteiger partial charge on any atom is 0.341 e. The molecule has 0 spiro atoms. The minimum atomic E-state index is -4.30. The van der Waals surface area contributed by atoms with E-state index in [9.17, 15) is 53.2 Å². The Bertz CT molecular complexity index is 2550. The third kappa shape index (κ3) is 14.6. The molecule has 3 saturated heterocycles. The van der Waals surface area contributed by atoms with E-state index in [0.29, 0.717) is 18.5 Å². The molecule has 0 saturated carbocycles. The predicted octanol–water partition coefficient (Wildman–Crippen LogP) is 3.58. The summed E-state index contributed by atoms with van der Waals surface area (Å²) in [5.41, 5.74) is -6.29. The molecule has 78 heavy (non-hydrogen) atoms. The Kier molecular flexibility index (Phi) is 22.0. The second-order valence-corrected chi connectivity index (χ2v) is 24.4. The van der Waals surface area contributed by atoms with Crippen molar-refractivity contribution in [3.05, 3.63) is 44.8 Å². The molecule has 1 aromatic heterocycles. The molecule has 3 aliphatic rings. The number of carboxylic acids is 1. The number of nitrogens with one attached hydrogen (secondary N) is 2. The lowest BCUT2D eigenvalue weighted by atomic mass is 9.72. The summed E-state index contributed by atoms with van der Waals surface area (Å²) in [6.07, 6.45) is -10.5. The van der Waals surface area contributed by atoms with Crippen LogP contribution in [0.1, 0.15) is 112 Å². The van der Waals surface area contributed by atoms with Crippen molar-refractivity contribution in [3.8, 4) is 0 Å². The average Bonchev–Trinajstić information content (AvgIpc) is 3.36. The van der Waals surface area contributed by atoms with Gasteiger partial charge >= 0.3 is 11.9 Å². The number of benzene rings is 1. The number of carbonyl (C=O) groups is 2. The molecular formula is C53H86FN5O18S. The van der Waals surface area contributed by atoms with Crippen molar-refractivity contribution in [1.29, 1.82) is 0 Å². The number of aromatic carboxylic acids is 1. The number of carboxylic acid groups (broad SMARTS) is 1. The van der Waals surface area contributed by atoms with Crippen molar-refractivity contribution in [3.63, 3.8) is 0 Å². The molecule has 1 aromatic carbocycles. The van der Waals surface area contributed by atoms with Crippen molar-refractivity contribution >= 4 is 38.6 Å². The molecule has 4 heterocycles. The maximum atomic E-state index is 15.2. The van der Waals surface area contributed by atoms with Crippen LogP contribution in [-0.4, -0.2) is 192 Å². The Hall–Kier alpha value is -3.83. The third-order valence-corrected chi connectivity index (χ3v) is 17.5. The topological polar surface area (TPSA) is 313 Å². The van der Waals surface area contributed by atoms with Crippen LogP contribution in [0.15, 0.2) is 28.3 Å². The second kappa shape index (κ2) is 26.4. The minimum absolute atomic E-state index is 0.0520. The van der Waals surface area contributed by atoms with Crippen molar-refractivity contribution in [2.45, 2.75) is 199 Å². The van der Waals surface area contributed by atoms with Crippen molar-refractivity contribution < 1.29 is 80.5 Å².